The van der Waals surface area contributed by atoms with Crippen LogP contribution in [0.2, 0.25) is 0 Å². The molecule has 0 aromatic carbocycles. The van der Waals surface area contributed by atoms with E-state index in [9.17, 15) is 4.79 Å². The molecule has 0 aliphatic heterocycles. The van der Waals surface area contributed by atoms with Crippen molar-refractivity contribution in [1.29, 1.82) is 5.26 Å². The number of rotatable bonds is 5. The number of carbonyl (C=O) groups is 1. The number of carbonyl (C=O) groups excluding carboxylic acids is 1. The van der Waals surface area contributed by atoms with Crippen molar-refractivity contribution in [2.24, 2.45) is 5.41 Å². The molecule has 0 heterocycles. The van der Waals surface area contributed by atoms with Crippen molar-refractivity contribution < 1.29 is 9.90 Å². The van der Waals surface area contributed by atoms with Gasteiger partial charge in [-0.3, -0.25) is 4.79 Å². The number of hydrogen-bond acceptors (Lipinski definition) is 3. The lowest BCUT2D eigenvalue weighted by Crippen LogP contribution is -2.42. The number of aliphatic hydroxyl groups excluding tert-OH is 1. The second-order valence-corrected chi connectivity index (χ2v) is 3.46. The van der Waals surface area contributed by atoms with Crippen LogP contribution in [-0.2, 0) is 4.79 Å². The third-order valence-corrected chi connectivity index (χ3v) is 2.41. The van der Waals surface area contributed by atoms with E-state index in [4.69, 9.17) is 10.4 Å². The molecule has 2 N–H and O–H groups in total. The predicted molar refractivity (Wildman–Crippen MR) is 53.3 cm³/mol. The molecular formula is C10H18N2O2. The van der Waals surface area contributed by atoms with Crippen LogP contribution < -0.4 is 5.32 Å². The number of aliphatic hydroxyl groups is 1. The molecule has 14 heavy (non-hydrogen) atoms. The zero-order chi connectivity index (χ0) is 11.2. The zero-order valence-electron chi connectivity index (χ0n) is 9.00. The van der Waals surface area contributed by atoms with Gasteiger partial charge in [0.05, 0.1) is 12.2 Å². The summed E-state index contributed by atoms with van der Waals surface area (Å²) < 4.78 is 0. The number of hydrogen-bond donors (Lipinski definition) is 2. The molecule has 0 rings (SSSR count). The monoisotopic (exact) mass is 198 g/mol. The van der Waals surface area contributed by atoms with E-state index < -0.39 is 11.5 Å². The van der Waals surface area contributed by atoms with Gasteiger partial charge in [0.1, 0.15) is 5.41 Å². The maximum Gasteiger partial charge on any atom is 0.240 e. The first-order chi connectivity index (χ1) is 6.52. The number of nitrogens with one attached hydrogen (secondary N) is 1. The maximum absolute atomic E-state index is 11.6. The average Bonchev–Trinajstić information content (AvgIpc) is 2.18. The van der Waals surface area contributed by atoms with Gasteiger partial charge in [-0.05, 0) is 19.8 Å². The molecule has 80 valence electrons. The summed E-state index contributed by atoms with van der Waals surface area (Å²) in [6, 6.07) is 2.04. The predicted octanol–water partition coefficient (Wildman–Crippen LogP) is 0.813. The van der Waals surface area contributed by atoms with Crippen molar-refractivity contribution in [1.82, 2.24) is 5.32 Å². The Bertz CT molecular complexity index is 227. The van der Waals surface area contributed by atoms with Crippen molar-refractivity contribution in [3.8, 4) is 6.07 Å². The van der Waals surface area contributed by atoms with Crippen LogP contribution >= 0.6 is 0 Å². The van der Waals surface area contributed by atoms with Gasteiger partial charge in [-0.25, -0.2) is 0 Å². The van der Waals surface area contributed by atoms with E-state index in [1.807, 2.05) is 19.9 Å². The largest absolute Gasteiger partial charge is 0.392 e. The Labute approximate surface area is 84.9 Å². The third-order valence-electron chi connectivity index (χ3n) is 2.41. The summed E-state index contributed by atoms with van der Waals surface area (Å²) in [7, 11) is 0. The first kappa shape index (κ1) is 12.9. The molecule has 4 heteroatoms. The first-order valence-electron chi connectivity index (χ1n) is 4.90. The van der Waals surface area contributed by atoms with Crippen LogP contribution in [-0.4, -0.2) is 23.7 Å². The van der Waals surface area contributed by atoms with Gasteiger partial charge in [0.2, 0.25) is 5.91 Å². The van der Waals surface area contributed by atoms with Gasteiger partial charge in [-0.1, -0.05) is 13.8 Å². The highest BCUT2D eigenvalue weighted by Crippen LogP contribution is 2.25. The number of nitriles is 1. The lowest BCUT2D eigenvalue weighted by atomic mass is 9.83. The first-order valence-corrected chi connectivity index (χ1v) is 4.90. The minimum atomic E-state index is -0.936. The summed E-state index contributed by atoms with van der Waals surface area (Å²) >= 11 is 0. The average molecular weight is 198 g/mol. The number of nitrogens with zero attached hydrogens (tertiary/aromatic N) is 1. The van der Waals surface area contributed by atoms with Crippen molar-refractivity contribution in [2.75, 3.05) is 6.54 Å². The van der Waals surface area contributed by atoms with Crippen LogP contribution in [0.25, 0.3) is 0 Å². The van der Waals surface area contributed by atoms with Gasteiger partial charge in [0.15, 0.2) is 0 Å². The highest BCUT2D eigenvalue weighted by Gasteiger charge is 2.34. The Balaban J connectivity index is 4.40. The van der Waals surface area contributed by atoms with Gasteiger partial charge in [0, 0.05) is 6.54 Å². The minimum Gasteiger partial charge on any atom is -0.392 e. The van der Waals surface area contributed by atoms with Crippen LogP contribution in [0, 0.1) is 16.7 Å². The molecule has 1 unspecified atom stereocenters. The van der Waals surface area contributed by atoms with E-state index in [1.54, 1.807) is 6.92 Å². The molecule has 0 radical (unpaired) electrons. The Hall–Kier alpha value is -1.08. The molecule has 0 aliphatic carbocycles. The van der Waals surface area contributed by atoms with Gasteiger partial charge >= 0.3 is 0 Å². The van der Waals surface area contributed by atoms with Crippen molar-refractivity contribution >= 4 is 5.91 Å². The SMILES string of the molecule is CCC(C#N)(CC)C(=O)NCC(C)O. The molecule has 0 saturated heterocycles. The molecule has 0 aromatic rings. The van der Waals surface area contributed by atoms with Crippen LogP contribution in [0.4, 0.5) is 0 Å². The molecule has 0 fully saturated rings. The summed E-state index contributed by atoms with van der Waals surface area (Å²) in [5.41, 5.74) is -0.936. The minimum absolute atomic E-state index is 0.197. The molecule has 0 spiro atoms. The molecule has 0 saturated carbocycles. The Morgan fingerprint density at radius 3 is 2.36 bits per heavy atom. The fourth-order valence-corrected chi connectivity index (χ4v) is 1.19. The van der Waals surface area contributed by atoms with Gasteiger partial charge in [-0.2, -0.15) is 5.26 Å². The summed E-state index contributed by atoms with van der Waals surface area (Å²) in [5, 5.41) is 20.5. The highest BCUT2D eigenvalue weighted by atomic mass is 16.3. The van der Waals surface area contributed by atoms with Crippen LogP contribution in [0.15, 0.2) is 0 Å². The standard InChI is InChI=1S/C10H18N2O2/c1-4-10(5-2,7-11)9(14)12-6-8(3)13/h8,13H,4-6H2,1-3H3,(H,12,14). The quantitative estimate of drug-likeness (QED) is 0.686. The van der Waals surface area contributed by atoms with E-state index in [2.05, 4.69) is 5.32 Å². The van der Waals surface area contributed by atoms with Gasteiger partial charge < -0.3 is 10.4 Å². The topological polar surface area (TPSA) is 73.1 Å². The van der Waals surface area contributed by atoms with Crippen molar-refractivity contribution in [3.63, 3.8) is 0 Å². The molecule has 4 nitrogen and oxygen atoms in total. The molecule has 1 atom stereocenters. The molecule has 1 amide bonds. The molecular weight excluding hydrogens is 180 g/mol. The Morgan fingerprint density at radius 1 is 1.57 bits per heavy atom. The maximum atomic E-state index is 11.6. The van der Waals surface area contributed by atoms with E-state index in [0.717, 1.165) is 0 Å². The van der Waals surface area contributed by atoms with Gasteiger partial charge in [-0.15, -0.1) is 0 Å². The Kier molecular flexibility index (Phi) is 5.18. The van der Waals surface area contributed by atoms with Gasteiger partial charge in [0.25, 0.3) is 0 Å². The summed E-state index contributed by atoms with van der Waals surface area (Å²) in [5.74, 6) is -0.286. The van der Waals surface area contributed by atoms with E-state index in [0.29, 0.717) is 12.8 Å². The molecule has 0 aromatic heterocycles. The molecule has 0 aliphatic rings. The van der Waals surface area contributed by atoms with Crippen molar-refractivity contribution in [2.45, 2.75) is 39.7 Å². The lowest BCUT2D eigenvalue weighted by molar-refractivity contribution is -0.128. The van der Waals surface area contributed by atoms with Crippen molar-refractivity contribution in [3.05, 3.63) is 0 Å². The second kappa shape index (κ2) is 5.61. The highest BCUT2D eigenvalue weighted by molar-refractivity contribution is 5.85. The second-order valence-electron chi connectivity index (χ2n) is 3.46. The summed E-state index contributed by atoms with van der Waals surface area (Å²) in [6.45, 7) is 5.41. The zero-order valence-corrected chi connectivity index (χ0v) is 9.00. The van der Waals surface area contributed by atoms with Crippen LogP contribution in [0.1, 0.15) is 33.6 Å². The fourth-order valence-electron chi connectivity index (χ4n) is 1.19. The number of amides is 1. The fraction of sp³-hybridized carbons (Fsp3) is 0.800. The smallest absolute Gasteiger partial charge is 0.240 e. The summed E-state index contributed by atoms with van der Waals surface area (Å²) in [4.78, 5) is 11.6. The summed E-state index contributed by atoms with van der Waals surface area (Å²) in [6.07, 6.45) is 0.404. The van der Waals surface area contributed by atoms with Crippen LogP contribution in [0.3, 0.4) is 0 Å². The Morgan fingerprint density at radius 2 is 2.07 bits per heavy atom. The van der Waals surface area contributed by atoms with E-state index >= 15 is 0 Å². The van der Waals surface area contributed by atoms with E-state index in [1.165, 1.54) is 0 Å². The van der Waals surface area contributed by atoms with E-state index in [-0.39, 0.29) is 12.5 Å². The molecule has 0 bridgehead atoms. The normalized spacial score (nSPS) is 13.1. The lowest BCUT2D eigenvalue weighted by Gasteiger charge is -2.22. The van der Waals surface area contributed by atoms with Crippen LogP contribution in [0.5, 0.6) is 0 Å². The third kappa shape index (κ3) is 3.00.